The molecule has 0 fully saturated rings. The molecule has 1 heterocycles. The van der Waals surface area contributed by atoms with E-state index in [1.807, 2.05) is 33.9 Å². The van der Waals surface area contributed by atoms with Crippen LogP contribution in [0.5, 0.6) is 0 Å². The Hall–Kier alpha value is -1.83. The molecule has 0 aliphatic carbocycles. The van der Waals surface area contributed by atoms with Gasteiger partial charge in [-0.3, -0.25) is 0 Å². The first-order valence-corrected chi connectivity index (χ1v) is 10.4. The van der Waals surface area contributed by atoms with Gasteiger partial charge in [-0.2, -0.15) is 0 Å². The first-order valence-electron chi connectivity index (χ1n) is 9.59. The fourth-order valence-corrected chi connectivity index (χ4v) is 2.98. The molecule has 1 amide bonds. The summed E-state index contributed by atoms with van der Waals surface area (Å²) in [5, 5.41) is 10.5. The Morgan fingerprint density at radius 1 is 1.30 bits per heavy atom. The highest BCUT2D eigenvalue weighted by Crippen LogP contribution is 2.14. The first-order chi connectivity index (χ1) is 12.6. The Morgan fingerprint density at radius 3 is 2.52 bits per heavy atom. The number of hydrogen-bond acceptors (Lipinski definition) is 5. The number of guanidine groups is 1. The van der Waals surface area contributed by atoms with Crippen LogP contribution in [-0.4, -0.2) is 41.8 Å². The molecule has 0 aromatic carbocycles. The van der Waals surface area contributed by atoms with Gasteiger partial charge in [0.1, 0.15) is 10.6 Å². The maximum absolute atomic E-state index is 12.1. The van der Waals surface area contributed by atoms with E-state index in [9.17, 15) is 4.79 Å². The second-order valence-electron chi connectivity index (χ2n) is 7.65. The minimum atomic E-state index is -0.513. The molecule has 0 radical (unpaired) electrons. The van der Waals surface area contributed by atoms with E-state index in [1.54, 1.807) is 11.3 Å². The molecular weight excluding hydrogens is 362 g/mol. The van der Waals surface area contributed by atoms with Gasteiger partial charge in [-0.15, -0.1) is 11.3 Å². The Balaban J connectivity index is 2.64. The van der Waals surface area contributed by atoms with Crippen molar-refractivity contribution < 1.29 is 9.53 Å². The molecule has 154 valence electrons. The summed E-state index contributed by atoms with van der Waals surface area (Å²) in [6, 6.07) is -0.0738. The number of hydrogen-bond donors (Lipinski definition) is 3. The lowest BCUT2D eigenvalue weighted by Crippen LogP contribution is -2.50. The van der Waals surface area contributed by atoms with Crippen molar-refractivity contribution in [2.24, 2.45) is 10.9 Å². The molecule has 3 N–H and O–H groups in total. The van der Waals surface area contributed by atoms with Gasteiger partial charge in [-0.1, -0.05) is 20.8 Å². The molecule has 0 aliphatic heterocycles. The second kappa shape index (κ2) is 11.1. The van der Waals surface area contributed by atoms with Crippen LogP contribution in [0.25, 0.3) is 0 Å². The highest BCUT2D eigenvalue weighted by atomic mass is 32.1. The van der Waals surface area contributed by atoms with Crippen molar-refractivity contribution in [3.63, 3.8) is 0 Å². The molecule has 0 aliphatic rings. The van der Waals surface area contributed by atoms with Crippen LogP contribution < -0.4 is 16.0 Å². The summed E-state index contributed by atoms with van der Waals surface area (Å²) in [7, 11) is 0. The summed E-state index contributed by atoms with van der Waals surface area (Å²) in [6.07, 6.45) is 2.50. The standard InChI is InChI=1S/C19H35N5O2S/c1-8-14-10-21-16(27-14)12-23-17(20-9-2)22-11-15(13(3)4)24-18(25)26-19(5,6)7/h10,13,15H,8-9,11-12H2,1-7H3,(H,24,25)(H2,20,22,23). The summed E-state index contributed by atoms with van der Waals surface area (Å²) < 4.78 is 5.36. The van der Waals surface area contributed by atoms with Crippen LogP contribution >= 0.6 is 11.3 Å². The number of rotatable bonds is 8. The fraction of sp³-hybridized carbons (Fsp3) is 0.737. The third-order valence-corrected chi connectivity index (χ3v) is 4.79. The number of aliphatic imine (C=N–C) groups is 1. The van der Waals surface area contributed by atoms with E-state index in [4.69, 9.17) is 4.74 Å². The van der Waals surface area contributed by atoms with E-state index in [0.717, 1.165) is 18.0 Å². The molecule has 1 atom stereocenters. The van der Waals surface area contributed by atoms with E-state index in [0.29, 0.717) is 19.0 Å². The zero-order chi connectivity index (χ0) is 20.4. The van der Waals surface area contributed by atoms with Crippen LogP contribution in [0, 0.1) is 5.92 Å². The first kappa shape index (κ1) is 23.2. The average molecular weight is 398 g/mol. The van der Waals surface area contributed by atoms with E-state index in [1.165, 1.54) is 4.88 Å². The van der Waals surface area contributed by atoms with Gasteiger partial charge in [0.2, 0.25) is 0 Å². The summed E-state index contributed by atoms with van der Waals surface area (Å²) in [5.41, 5.74) is -0.513. The van der Waals surface area contributed by atoms with E-state index in [-0.39, 0.29) is 12.0 Å². The molecule has 27 heavy (non-hydrogen) atoms. The summed E-state index contributed by atoms with van der Waals surface area (Å²) in [5.74, 6) is 0.960. The monoisotopic (exact) mass is 397 g/mol. The van der Waals surface area contributed by atoms with Gasteiger partial charge in [0.05, 0.1) is 12.6 Å². The molecule has 1 unspecified atom stereocenters. The molecular formula is C19H35N5O2S. The molecule has 1 aromatic rings. The molecule has 0 bridgehead atoms. The number of alkyl carbamates (subject to hydrolysis) is 1. The number of thiazole rings is 1. The largest absolute Gasteiger partial charge is 0.444 e. The predicted molar refractivity (Wildman–Crippen MR) is 112 cm³/mol. The van der Waals surface area contributed by atoms with Crippen LogP contribution in [0.15, 0.2) is 11.2 Å². The molecule has 1 aromatic heterocycles. The Kier molecular flexibility index (Phi) is 9.55. The highest BCUT2D eigenvalue weighted by Gasteiger charge is 2.21. The summed E-state index contributed by atoms with van der Waals surface area (Å²) in [6.45, 7) is 15.7. The van der Waals surface area contributed by atoms with E-state index in [2.05, 4.69) is 46.7 Å². The van der Waals surface area contributed by atoms with Gasteiger partial charge in [0, 0.05) is 24.2 Å². The van der Waals surface area contributed by atoms with Crippen molar-refractivity contribution in [1.29, 1.82) is 0 Å². The Labute approximate surface area is 167 Å². The molecule has 0 spiro atoms. The number of ether oxygens (including phenoxy) is 1. The maximum Gasteiger partial charge on any atom is 0.407 e. The zero-order valence-electron chi connectivity index (χ0n) is 17.7. The number of nitrogens with zero attached hydrogens (tertiary/aromatic N) is 2. The van der Waals surface area contributed by atoms with Crippen molar-refractivity contribution in [2.75, 3.05) is 13.1 Å². The number of aryl methyl sites for hydroxylation is 1. The lowest BCUT2D eigenvalue weighted by molar-refractivity contribution is 0.0491. The van der Waals surface area contributed by atoms with Gasteiger partial charge in [0.25, 0.3) is 0 Å². The van der Waals surface area contributed by atoms with Crippen LogP contribution in [0.2, 0.25) is 0 Å². The number of carbonyl (C=O) groups is 1. The minimum Gasteiger partial charge on any atom is -0.444 e. The van der Waals surface area contributed by atoms with Crippen molar-refractivity contribution in [1.82, 2.24) is 20.9 Å². The SMILES string of the molecule is CCNC(=NCc1ncc(CC)s1)NCC(NC(=O)OC(C)(C)C)C(C)C. The molecule has 0 saturated carbocycles. The van der Waals surface area contributed by atoms with Crippen molar-refractivity contribution in [3.05, 3.63) is 16.1 Å². The van der Waals surface area contributed by atoms with Crippen molar-refractivity contribution in [2.45, 2.75) is 73.1 Å². The van der Waals surface area contributed by atoms with Gasteiger partial charge < -0.3 is 20.7 Å². The predicted octanol–water partition coefficient (Wildman–Crippen LogP) is 3.31. The number of aromatic nitrogens is 1. The quantitative estimate of drug-likeness (QED) is 0.463. The second-order valence-corrected chi connectivity index (χ2v) is 8.85. The summed E-state index contributed by atoms with van der Waals surface area (Å²) >= 11 is 1.69. The summed E-state index contributed by atoms with van der Waals surface area (Å²) in [4.78, 5) is 22.3. The van der Waals surface area contributed by atoms with Crippen LogP contribution in [-0.2, 0) is 17.7 Å². The van der Waals surface area contributed by atoms with Gasteiger partial charge in [0.15, 0.2) is 5.96 Å². The third-order valence-electron chi connectivity index (χ3n) is 3.66. The average Bonchev–Trinajstić information content (AvgIpc) is 3.02. The van der Waals surface area contributed by atoms with Crippen molar-refractivity contribution >= 4 is 23.4 Å². The van der Waals surface area contributed by atoms with E-state index < -0.39 is 11.7 Å². The zero-order valence-corrected chi connectivity index (χ0v) is 18.5. The van der Waals surface area contributed by atoms with Gasteiger partial charge in [-0.25, -0.2) is 14.8 Å². The van der Waals surface area contributed by atoms with Crippen LogP contribution in [0.4, 0.5) is 4.79 Å². The molecule has 1 rings (SSSR count). The third kappa shape index (κ3) is 9.60. The topological polar surface area (TPSA) is 87.6 Å². The van der Waals surface area contributed by atoms with Crippen LogP contribution in [0.1, 0.15) is 58.4 Å². The lowest BCUT2D eigenvalue weighted by atomic mass is 10.0. The molecule has 7 nitrogen and oxygen atoms in total. The minimum absolute atomic E-state index is 0.0738. The lowest BCUT2D eigenvalue weighted by Gasteiger charge is -2.26. The van der Waals surface area contributed by atoms with Gasteiger partial charge >= 0.3 is 6.09 Å². The highest BCUT2D eigenvalue weighted by molar-refractivity contribution is 7.11. The molecule has 8 heteroatoms. The maximum atomic E-state index is 12.1. The smallest absolute Gasteiger partial charge is 0.407 e. The van der Waals surface area contributed by atoms with E-state index >= 15 is 0 Å². The number of amides is 1. The number of carbonyl (C=O) groups excluding carboxylic acids is 1. The Morgan fingerprint density at radius 2 is 2.00 bits per heavy atom. The fourth-order valence-electron chi connectivity index (χ4n) is 2.19. The Bertz CT molecular complexity index is 607. The van der Waals surface area contributed by atoms with Crippen molar-refractivity contribution in [3.8, 4) is 0 Å². The molecule has 0 saturated heterocycles. The normalized spacial score (nSPS) is 13.4. The number of nitrogens with one attached hydrogen (secondary N) is 3. The van der Waals surface area contributed by atoms with Crippen LogP contribution in [0.3, 0.4) is 0 Å². The van der Waals surface area contributed by atoms with Gasteiger partial charge in [-0.05, 0) is 40.0 Å².